The average Bonchev–Trinajstić information content (AvgIpc) is 2.89. The van der Waals surface area contributed by atoms with E-state index >= 15 is 0 Å². The van der Waals surface area contributed by atoms with Crippen LogP contribution in [0.2, 0.25) is 5.02 Å². The predicted molar refractivity (Wildman–Crippen MR) is 109 cm³/mol. The van der Waals surface area contributed by atoms with Crippen molar-refractivity contribution in [3.63, 3.8) is 0 Å². The Morgan fingerprint density at radius 1 is 1.26 bits per heavy atom. The summed E-state index contributed by atoms with van der Waals surface area (Å²) in [6.07, 6.45) is 0. The van der Waals surface area contributed by atoms with Crippen LogP contribution in [-0.4, -0.2) is 15.4 Å². The smallest absolute Gasteiger partial charge is 0.281 e. The topological polar surface area (TPSA) is 77.5 Å². The highest BCUT2D eigenvalue weighted by Crippen LogP contribution is 2.26. The molecule has 0 saturated heterocycles. The van der Waals surface area contributed by atoms with E-state index in [1.165, 1.54) is 23.5 Å². The molecule has 1 heterocycles. The van der Waals surface area contributed by atoms with Crippen LogP contribution >= 0.6 is 38.9 Å². The maximum atomic E-state index is 12.6. The molecule has 0 N–H and O–H groups in total. The van der Waals surface area contributed by atoms with Crippen molar-refractivity contribution in [3.05, 3.63) is 77.3 Å². The van der Waals surface area contributed by atoms with Crippen LogP contribution in [0, 0.1) is 17.0 Å². The fourth-order valence-corrected chi connectivity index (χ4v) is 4.07. The number of hydrogen-bond acceptors (Lipinski definition) is 4. The van der Waals surface area contributed by atoms with Gasteiger partial charge in [0.25, 0.3) is 11.6 Å². The summed E-state index contributed by atoms with van der Waals surface area (Å²) in [5.41, 5.74) is 1.74. The lowest BCUT2D eigenvalue weighted by atomic mass is 10.1. The van der Waals surface area contributed by atoms with E-state index in [1.807, 2.05) is 42.8 Å². The molecule has 9 heteroatoms. The first kappa shape index (κ1) is 19.5. The maximum Gasteiger partial charge on any atom is 0.281 e. The highest BCUT2D eigenvalue weighted by atomic mass is 79.9. The fourth-order valence-electron chi connectivity index (χ4n) is 2.63. The number of nitro benzene ring substituents is 1. The predicted octanol–water partition coefficient (Wildman–Crippen LogP) is 5.13. The minimum Gasteiger partial charge on any atom is -0.319 e. The molecule has 3 aromatic rings. The van der Waals surface area contributed by atoms with E-state index in [2.05, 4.69) is 20.9 Å². The second-order valence-electron chi connectivity index (χ2n) is 5.69. The first-order valence-corrected chi connectivity index (χ1v) is 9.72. The lowest BCUT2D eigenvalue weighted by molar-refractivity contribution is -0.384. The molecule has 0 bridgehead atoms. The number of hydrogen-bond donors (Lipinski definition) is 0. The number of halogens is 2. The van der Waals surface area contributed by atoms with Crippen LogP contribution in [0.25, 0.3) is 11.3 Å². The van der Waals surface area contributed by atoms with Crippen molar-refractivity contribution in [2.24, 2.45) is 12.0 Å². The zero-order chi connectivity index (χ0) is 19.7. The standard InChI is InChI=1S/C18H13BrClN3O3S/c1-10-16(11-3-5-12(19)6-4-11)22(2)18(27-10)21-17(24)14-9-13(23(25)26)7-8-15(14)20/h3-9H,1-2H3. The van der Waals surface area contributed by atoms with Crippen LogP contribution in [0.5, 0.6) is 0 Å². The zero-order valence-electron chi connectivity index (χ0n) is 14.3. The minimum absolute atomic E-state index is 0.00196. The monoisotopic (exact) mass is 465 g/mol. The number of aromatic nitrogens is 1. The van der Waals surface area contributed by atoms with Crippen LogP contribution in [0.15, 0.2) is 51.9 Å². The van der Waals surface area contributed by atoms with E-state index in [1.54, 1.807) is 0 Å². The second-order valence-corrected chi connectivity index (χ2v) is 8.20. The summed E-state index contributed by atoms with van der Waals surface area (Å²) in [5.74, 6) is -0.622. The summed E-state index contributed by atoms with van der Waals surface area (Å²) in [6, 6.07) is 11.6. The molecule has 1 amide bonds. The van der Waals surface area contributed by atoms with Crippen molar-refractivity contribution in [2.75, 3.05) is 0 Å². The Morgan fingerprint density at radius 2 is 1.93 bits per heavy atom. The second kappa shape index (κ2) is 7.75. The van der Waals surface area contributed by atoms with Crippen molar-refractivity contribution >= 4 is 50.5 Å². The Hall–Kier alpha value is -2.29. The van der Waals surface area contributed by atoms with Gasteiger partial charge in [0.1, 0.15) is 0 Å². The molecule has 0 fully saturated rings. The number of thiazole rings is 1. The van der Waals surface area contributed by atoms with E-state index in [0.29, 0.717) is 4.80 Å². The van der Waals surface area contributed by atoms with Gasteiger partial charge in [0.2, 0.25) is 0 Å². The van der Waals surface area contributed by atoms with Gasteiger partial charge in [-0.2, -0.15) is 4.99 Å². The molecule has 0 saturated carbocycles. The third-order valence-corrected chi connectivity index (χ3v) is 5.81. The molecule has 0 spiro atoms. The Labute approximate surface area is 172 Å². The van der Waals surface area contributed by atoms with Crippen molar-refractivity contribution in [3.8, 4) is 11.3 Å². The van der Waals surface area contributed by atoms with E-state index in [0.717, 1.165) is 26.7 Å². The lowest BCUT2D eigenvalue weighted by Gasteiger charge is -2.05. The number of aryl methyl sites for hydroxylation is 1. The van der Waals surface area contributed by atoms with E-state index in [9.17, 15) is 14.9 Å². The number of nitrogens with zero attached hydrogens (tertiary/aromatic N) is 3. The zero-order valence-corrected chi connectivity index (χ0v) is 17.4. The highest BCUT2D eigenvalue weighted by molar-refractivity contribution is 9.10. The van der Waals surface area contributed by atoms with Gasteiger partial charge in [0, 0.05) is 28.5 Å². The Balaban J connectivity index is 2.07. The van der Waals surface area contributed by atoms with Crippen molar-refractivity contribution in [2.45, 2.75) is 6.92 Å². The van der Waals surface area contributed by atoms with Gasteiger partial charge < -0.3 is 4.57 Å². The number of carbonyl (C=O) groups excluding carboxylic acids is 1. The molecule has 0 radical (unpaired) electrons. The molecular formula is C18H13BrClN3O3S. The fraction of sp³-hybridized carbons (Fsp3) is 0.111. The molecule has 0 aliphatic rings. The quantitative estimate of drug-likeness (QED) is 0.397. The van der Waals surface area contributed by atoms with Crippen molar-refractivity contribution < 1.29 is 9.72 Å². The Morgan fingerprint density at radius 3 is 2.56 bits per heavy atom. The molecule has 0 atom stereocenters. The van der Waals surface area contributed by atoms with Gasteiger partial charge in [-0.25, -0.2) is 0 Å². The normalized spacial score (nSPS) is 11.6. The summed E-state index contributed by atoms with van der Waals surface area (Å²) in [7, 11) is 1.82. The first-order valence-electron chi connectivity index (χ1n) is 7.73. The molecular weight excluding hydrogens is 454 g/mol. The molecule has 2 aromatic carbocycles. The van der Waals surface area contributed by atoms with E-state index in [-0.39, 0.29) is 16.3 Å². The molecule has 1 aromatic heterocycles. The SMILES string of the molecule is Cc1sc(=NC(=O)c2cc([N+](=O)[O-])ccc2Cl)n(C)c1-c1ccc(Br)cc1. The van der Waals surface area contributed by atoms with Gasteiger partial charge in [-0.15, -0.1) is 11.3 Å². The summed E-state index contributed by atoms with van der Waals surface area (Å²) in [6.45, 7) is 1.95. The van der Waals surface area contributed by atoms with Gasteiger partial charge in [-0.3, -0.25) is 14.9 Å². The Bertz CT molecular complexity index is 1120. The average molecular weight is 467 g/mol. The number of amides is 1. The van der Waals surface area contributed by atoms with Gasteiger partial charge >= 0.3 is 0 Å². The summed E-state index contributed by atoms with van der Waals surface area (Å²) >= 11 is 10.8. The van der Waals surface area contributed by atoms with E-state index < -0.39 is 10.8 Å². The van der Waals surface area contributed by atoms with Crippen LogP contribution in [0.1, 0.15) is 15.2 Å². The van der Waals surface area contributed by atoms with Crippen molar-refractivity contribution in [1.29, 1.82) is 0 Å². The molecule has 6 nitrogen and oxygen atoms in total. The number of non-ortho nitro benzene ring substituents is 1. The highest BCUT2D eigenvalue weighted by Gasteiger charge is 2.17. The van der Waals surface area contributed by atoms with Crippen LogP contribution < -0.4 is 4.80 Å². The molecule has 0 aliphatic heterocycles. The molecule has 138 valence electrons. The molecule has 0 aliphatic carbocycles. The van der Waals surface area contributed by atoms with Gasteiger partial charge in [-0.05, 0) is 30.7 Å². The molecule has 27 heavy (non-hydrogen) atoms. The maximum absolute atomic E-state index is 12.6. The third-order valence-electron chi connectivity index (χ3n) is 3.91. The molecule has 0 unspecified atom stereocenters. The minimum atomic E-state index is -0.622. The summed E-state index contributed by atoms with van der Waals surface area (Å²) in [4.78, 5) is 28.6. The largest absolute Gasteiger partial charge is 0.319 e. The van der Waals surface area contributed by atoms with Crippen LogP contribution in [0.4, 0.5) is 5.69 Å². The van der Waals surface area contributed by atoms with Crippen molar-refractivity contribution in [1.82, 2.24) is 4.57 Å². The van der Waals surface area contributed by atoms with Crippen LogP contribution in [-0.2, 0) is 7.05 Å². The number of carbonyl (C=O) groups is 1. The third kappa shape index (κ3) is 4.02. The summed E-state index contributed by atoms with van der Waals surface area (Å²) in [5, 5.41) is 11.1. The Kier molecular flexibility index (Phi) is 5.59. The first-order chi connectivity index (χ1) is 12.8. The number of rotatable bonds is 3. The number of benzene rings is 2. The summed E-state index contributed by atoms with van der Waals surface area (Å²) < 4.78 is 2.80. The van der Waals surface area contributed by atoms with Gasteiger partial charge in [0.15, 0.2) is 4.80 Å². The molecule has 3 rings (SSSR count). The van der Waals surface area contributed by atoms with Gasteiger partial charge in [-0.1, -0.05) is 39.7 Å². The van der Waals surface area contributed by atoms with Crippen LogP contribution in [0.3, 0.4) is 0 Å². The van der Waals surface area contributed by atoms with E-state index in [4.69, 9.17) is 11.6 Å². The number of nitro groups is 1. The van der Waals surface area contributed by atoms with Gasteiger partial charge in [0.05, 0.1) is 21.2 Å². The lowest BCUT2D eigenvalue weighted by Crippen LogP contribution is -2.14.